The molecular weight excluding hydrogens is 501 g/mol. The number of benzene rings is 1. The van der Waals surface area contributed by atoms with E-state index in [1.54, 1.807) is 48.9 Å². The molecule has 0 aliphatic rings. The molecule has 1 atom stereocenters. The molecule has 36 heavy (non-hydrogen) atoms. The fourth-order valence-corrected chi connectivity index (χ4v) is 4.28. The lowest BCUT2D eigenvalue weighted by molar-refractivity contribution is -0.0935. The first-order valence-corrected chi connectivity index (χ1v) is 12.5. The molecule has 0 saturated heterocycles. The van der Waals surface area contributed by atoms with Gasteiger partial charge in [-0.25, -0.2) is 22.4 Å². The Balaban J connectivity index is 2.35. The third-order valence-electron chi connectivity index (χ3n) is 5.19. The van der Waals surface area contributed by atoms with Crippen LogP contribution in [0.4, 0.5) is 22.0 Å². The van der Waals surface area contributed by atoms with Gasteiger partial charge < -0.3 is 4.74 Å². The van der Waals surface area contributed by atoms with E-state index >= 15 is 0 Å². The van der Waals surface area contributed by atoms with Crippen molar-refractivity contribution in [3.63, 3.8) is 0 Å². The molecule has 1 unspecified atom stereocenters. The molecule has 1 heterocycles. The van der Waals surface area contributed by atoms with E-state index in [4.69, 9.17) is 4.74 Å². The highest BCUT2D eigenvalue weighted by Crippen LogP contribution is 2.30. The second-order valence-corrected chi connectivity index (χ2v) is 9.54. The summed E-state index contributed by atoms with van der Waals surface area (Å²) in [4.78, 5) is 0. The topological polar surface area (TPSA) is 56.1 Å². The number of rotatable bonds is 12. The maximum Gasteiger partial charge on any atom is 0.412 e. The standard InChI is InChI=1S/C25H30F5N3O2S/c1-6-18(25(28,29)30)12-13-20(7-2)35-23-15-21(31-33(23)8-3)17-10-9-11-19(14-17)24(4,5)32-36(34)16-22(26)27/h7,9-15,22,32H,2,6,8,16H2,1,3-5H3/b18-12+,20-13+. The molecule has 2 rings (SSSR count). The van der Waals surface area contributed by atoms with Crippen molar-refractivity contribution in [2.45, 2.75) is 58.8 Å². The Morgan fingerprint density at radius 1 is 1.22 bits per heavy atom. The molecule has 0 saturated carbocycles. The summed E-state index contributed by atoms with van der Waals surface area (Å²) in [5, 5.41) is 4.52. The number of aromatic nitrogens is 2. The Bertz CT molecular complexity index is 1140. The lowest BCUT2D eigenvalue weighted by Gasteiger charge is -2.26. The Hall–Kier alpha value is -2.79. The highest BCUT2D eigenvalue weighted by Gasteiger charge is 2.31. The predicted octanol–water partition coefficient (Wildman–Crippen LogP) is 6.67. The molecule has 0 bridgehead atoms. The number of aryl methyl sites for hydroxylation is 1. The van der Waals surface area contributed by atoms with E-state index in [-0.39, 0.29) is 12.2 Å². The Morgan fingerprint density at radius 3 is 2.47 bits per heavy atom. The minimum Gasteiger partial charge on any atom is -0.439 e. The van der Waals surface area contributed by atoms with Crippen molar-refractivity contribution in [2.24, 2.45) is 0 Å². The molecule has 11 heteroatoms. The lowest BCUT2D eigenvalue weighted by atomic mass is 9.93. The van der Waals surface area contributed by atoms with Gasteiger partial charge >= 0.3 is 6.18 Å². The van der Waals surface area contributed by atoms with E-state index in [9.17, 15) is 26.2 Å². The van der Waals surface area contributed by atoms with Crippen LogP contribution >= 0.6 is 0 Å². The van der Waals surface area contributed by atoms with Gasteiger partial charge in [0.2, 0.25) is 5.88 Å². The van der Waals surface area contributed by atoms with Crippen molar-refractivity contribution >= 4 is 11.0 Å². The summed E-state index contributed by atoms with van der Waals surface area (Å²) in [7, 11) is -1.92. The molecule has 5 nitrogen and oxygen atoms in total. The van der Waals surface area contributed by atoms with E-state index in [1.165, 1.54) is 19.1 Å². The minimum absolute atomic E-state index is 0.118. The maximum absolute atomic E-state index is 13.0. The van der Waals surface area contributed by atoms with Crippen molar-refractivity contribution in [3.8, 4) is 17.1 Å². The van der Waals surface area contributed by atoms with Crippen molar-refractivity contribution in [1.82, 2.24) is 14.5 Å². The third kappa shape index (κ3) is 8.12. The highest BCUT2D eigenvalue weighted by atomic mass is 32.2. The molecule has 198 valence electrons. The molecule has 0 amide bonds. The summed E-state index contributed by atoms with van der Waals surface area (Å²) in [5.41, 5.74) is 0.350. The average molecular weight is 532 g/mol. The first kappa shape index (κ1) is 29.4. The summed E-state index contributed by atoms with van der Waals surface area (Å²) in [6, 6.07) is 8.78. The van der Waals surface area contributed by atoms with Gasteiger partial charge in [0, 0.05) is 29.3 Å². The van der Waals surface area contributed by atoms with Crippen LogP contribution in [0.1, 0.15) is 39.7 Å². The van der Waals surface area contributed by atoms with Gasteiger partial charge in [0.15, 0.2) is 0 Å². The number of allylic oxidation sites excluding steroid dienone is 4. The van der Waals surface area contributed by atoms with Crippen LogP contribution in [0.2, 0.25) is 0 Å². The molecule has 0 aliphatic heterocycles. The smallest absolute Gasteiger partial charge is 0.412 e. The summed E-state index contributed by atoms with van der Waals surface area (Å²) < 4.78 is 86.3. The van der Waals surface area contributed by atoms with Gasteiger partial charge in [-0.1, -0.05) is 37.8 Å². The van der Waals surface area contributed by atoms with Gasteiger partial charge in [-0.3, -0.25) is 0 Å². The van der Waals surface area contributed by atoms with Gasteiger partial charge in [-0.15, -0.1) is 0 Å². The number of alkyl halides is 5. The summed E-state index contributed by atoms with van der Waals surface area (Å²) in [6.07, 6.45) is -3.83. The molecule has 2 aromatic rings. The predicted molar refractivity (Wildman–Crippen MR) is 132 cm³/mol. The minimum atomic E-state index is -4.43. The normalized spacial score (nSPS) is 14.3. The fourth-order valence-electron chi connectivity index (χ4n) is 3.28. The van der Waals surface area contributed by atoms with E-state index in [1.807, 2.05) is 6.92 Å². The zero-order chi connectivity index (χ0) is 27.1. The molecule has 1 aromatic carbocycles. The lowest BCUT2D eigenvalue weighted by Crippen LogP contribution is -2.39. The van der Waals surface area contributed by atoms with Crippen LogP contribution in [0.25, 0.3) is 11.3 Å². The van der Waals surface area contributed by atoms with Crippen molar-refractivity contribution in [3.05, 3.63) is 72.0 Å². The third-order valence-corrected chi connectivity index (χ3v) is 6.48. The Morgan fingerprint density at radius 2 is 1.92 bits per heavy atom. The SMILES string of the molecule is C=C/C(=C\C=C(/CC)C(F)(F)F)Oc1cc(-c2cccc(C(C)(C)NS(=O)CC(F)F)c2)nn1CC. The van der Waals surface area contributed by atoms with Gasteiger partial charge in [0.05, 0.1) is 22.4 Å². The summed E-state index contributed by atoms with van der Waals surface area (Å²) in [5.74, 6) is -0.355. The molecule has 1 aromatic heterocycles. The van der Waals surface area contributed by atoms with E-state index < -0.39 is 40.5 Å². The molecule has 0 spiro atoms. The molecule has 0 aliphatic carbocycles. The average Bonchev–Trinajstić information content (AvgIpc) is 3.19. The Labute approximate surface area is 210 Å². The molecular formula is C25H30F5N3O2S. The van der Waals surface area contributed by atoms with Gasteiger partial charge in [0.25, 0.3) is 6.43 Å². The largest absolute Gasteiger partial charge is 0.439 e. The molecule has 0 radical (unpaired) electrons. The van der Waals surface area contributed by atoms with Crippen LogP contribution in [-0.2, 0) is 23.1 Å². The van der Waals surface area contributed by atoms with Crippen LogP contribution in [-0.4, -0.2) is 32.3 Å². The highest BCUT2D eigenvalue weighted by molar-refractivity contribution is 7.83. The van der Waals surface area contributed by atoms with Gasteiger partial charge in [-0.05, 0) is 51.0 Å². The van der Waals surface area contributed by atoms with Gasteiger partial charge in [-0.2, -0.15) is 18.3 Å². The number of nitrogens with one attached hydrogen (secondary N) is 1. The fraction of sp³-hybridized carbons (Fsp3) is 0.400. The van der Waals surface area contributed by atoms with Crippen molar-refractivity contribution in [1.29, 1.82) is 0 Å². The maximum atomic E-state index is 13.0. The zero-order valence-electron chi connectivity index (χ0n) is 20.5. The van der Waals surface area contributed by atoms with E-state index in [2.05, 4.69) is 16.4 Å². The van der Waals surface area contributed by atoms with Crippen LogP contribution in [0.3, 0.4) is 0 Å². The number of ether oxygens (including phenoxy) is 1. The molecule has 1 N–H and O–H groups in total. The number of nitrogens with zero attached hydrogens (tertiary/aromatic N) is 2. The first-order chi connectivity index (χ1) is 16.8. The summed E-state index contributed by atoms with van der Waals surface area (Å²) >= 11 is 0. The quantitative estimate of drug-likeness (QED) is 0.189. The number of halogens is 5. The Kier molecular flexibility index (Phi) is 10.2. The van der Waals surface area contributed by atoms with Gasteiger partial charge in [0.1, 0.15) is 5.76 Å². The van der Waals surface area contributed by atoms with Crippen LogP contribution < -0.4 is 9.46 Å². The zero-order valence-corrected chi connectivity index (χ0v) is 21.4. The summed E-state index contributed by atoms with van der Waals surface area (Å²) in [6.45, 7) is 10.8. The van der Waals surface area contributed by atoms with Crippen molar-refractivity contribution < 1.29 is 30.9 Å². The second kappa shape index (κ2) is 12.4. The van der Waals surface area contributed by atoms with Crippen molar-refractivity contribution in [2.75, 3.05) is 5.75 Å². The second-order valence-electron chi connectivity index (χ2n) is 8.31. The van der Waals surface area contributed by atoms with Crippen LogP contribution in [0, 0.1) is 0 Å². The molecule has 0 fully saturated rings. The van der Waals surface area contributed by atoms with Crippen LogP contribution in [0.5, 0.6) is 5.88 Å². The van der Waals surface area contributed by atoms with E-state index in [0.717, 1.165) is 6.08 Å². The van der Waals surface area contributed by atoms with E-state index in [0.29, 0.717) is 29.2 Å². The number of hydrogen-bond donors (Lipinski definition) is 1. The number of hydrogen-bond acceptors (Lipinski definition) is 3. The first-order valence-electron chi connectivity index (χ1n) is 11.2. The van der Waals surface area contributed by atoms with Crippen LogP contribution in [0.15, 0.2) is 66.5 Å². The monoisotopic (exact) mass is 531 g/mol.